The molecule has 0 atom stereocenters. The highest BCUT2D eigenvalue weighted by Gasteiger charge is 2.31. The number of pyridine rings is 1. The summed E-state index contributed by atoms with van der Waals surface area (Å²) in [4.78, 5) is 13.4. The number of hydrogen-bond acceptors (Lipinski definition) is 5. The maximum Gasteiger partial charge on any atom is 0.573 e. The molecule has 2 aromatic rings. The first kappa shape index (κ1) is 17.4. The maximum absolute atomic E-state index is 12.2. The summed E-state index contributed by atoms with van der Waals surface area (Å²) in [6.07, 6.45) is -3.83. The van der Waals surface area contributed by atoms with Crippen LogP contribution in [0.4, 0.5) is 27.6 Å². The average Bonchev–Trinajstić information content (AvgIpc) is 2.46. The minimum atomic E-state index is -4.85. The van der Waals surface area contributed by atoms with E-state index in [4.69, 9.17) is 0 Å². The summed E-state index contributed by atoms with van der Waals surface area (Å²) in [7, 11) is 0. The van der Waals surface area contributed by atoms with E-state index in [9.17, 15) is 32.1 Å². The van der Waals surface area contributed by atoms with E-state index in [1.807, 2.05) is 0 Å². The van der Waals surface area contributed by atoms with Crippen molar-refractivity contribution >= 4 is 5.69 Å². The van der Waals surface area contributed by atoms with Crippen molar-refractivity contribution in [2.45, 2.75) is 13.0 Å². The molecule has 128 valence electrons. The lowest BCUT2D eigenvalue weighted by atomic mass is 10.1. The Bertz CT molecular complexity index is 734. The molecule has 1 heterocycles. The van der Waals surface area contributed by atoms with E-state index in [2.05, 4.69) is 14.5 Å². The van der Waals surface area contributed by atoms with Crippen LogP contribution in [0.15, 0.2) is 36.5 Å². The van der Waals surface area contributed by atoms with Gasteiger partial charge in [0.1, 0.15) is 5.75 Å². The molecule has 0 N–H and O–H groups in total. The molecule has 24 heavy (non-hydrogen) atoms. The fourth-order valence-electron chi connectivity index (χ4n) is 1.75. The number of halogens is 5. The summed E-state index contributed by atoms with van der Waals surface area (Å²) in [5.41, 5.74) is -0.408. The van der Waals surface area contributed by atoms with Gasteiger partial charge in [-0.15, -0.1) is 13.2 Å². The van der Waals surface area contributed by atoms with Gasteiger partial charge in [-0.2, -0.15) is 8.78 Å². The van der Waals surface area contributed by atoms with Gasteiger partial charge < -0.3 is 9.47 Å². The minimum absolute atomic E-state index is 0.127. The molecular formula is C13H7F5N2O4. The number of nitro groups is 1. The topological polar surface area (TPSA) is 74.5 Å². The van der Waals surface area contributed by atoms with Gasteiger partial charge in [0.15, 0.2) is 0 Å². The van der Waals surface area contributed by atoms with E-state index in [1.165, 1.54) is 12.1 Å². The number of benzene rings is 1. The van der Waals surface area contributed by atoms with E-state index in [-0.39, 0.29) is 11.1 Å². The van der Waals surface area contributed by atoms with Crippen LogP contribution in [0.5, 0.6) is 11.6 Å². The molecule has 11 heteroatoms. The molecule has 0 aliphatic carbocycles. The van der Waals surface area contributed by atoms with Crippen molar-refractivity contribution in [1.29, 1.82) is 0 Å². The van der Waals surface area contributed by atoms with Gasteiger partial charge >= 0.3 is 18.7 Å². The van der Waals surface area contributed by atoms with Crippen molar-refractivity contribution in [1.82, 2.24) is 4.98 Å². The predicted octanol–water partition coefficient (Wildman–Crippen LogP) is 4.16. The Hall–Kier alpha value is -2.98. The highest BCUT2D eigenvalue weighted by atomic mass is 19.4. The summed E-state index contributed by atoms with van der Waals surface area (Å²) in [5, 5.41) is 10.9. The summed E-state index contributed by atoms with van der Waals surface area (Å²) in [6.45, 7) is -3.29. The Kier molecular flexibility index (Phi) is 4.81. The van der Waals surface area contributed by atoms with Crippen LogP contribution in [-0.2, 0) is 0 Å². The third kappa shape index (κ3) is 4.51. The Labute approximate surface area is 130 Å². The molecule has 0 bridgehead atoms. The van der Waals surface area contributed by atoms with Gasteiger partial charge in [0.25, 0.3) is 5.88 Å². The second kappa shape index (κ2) is 6.64. The van der Waals surface area contributed by atoms with Gasteiger partial charge in [-0.05, 0) is 17.7 Å². The van der Waals surface area contributed by atoms with E-state index in [1.54, 1.807) is 0 Å². The minimum Gasteiger partial charge on any atom is -0.411 e. The third-order valence-electron chi connectivity index (χ3n) is 2.65. The summed E-state index contributed by atoms with van der Waals surface area (Å²) < 4.78 is 68.2. The van der Waals surface area contributed by atoms with Gasteiger partial charge in [0.05, 0.1) is 4.92 Å². The highest BCUT2D eigenvalue weighted by Crippen LogP contribution is 2.32. The molecule has 2 rings (SSSR count). The van der Waals surface area contributed by atoms with Crippen molar-refractivity contribution < 1.29 is 36.3 Å². The SMILES string of the molecule is O=[N+]([O-])c1cc(-c2ccc(OC(F)(F)F)cc2)cnc1OC(F)F. The Morgan fingerprint density at radius 3 is 2.25 bits per heavy atom. The van der Waals surface area contributed by atoms with Crippen molar-refractivity contribution in [2.75, 3.05) is 0 Å². The van der Waals surface area contributed by atoms with Gasteiger partial charge in [0, 0.05) is 17.8 Å². The molecule has 6 nitrogen and oxygen atoms in total. The number of nitrogens with zero attached hydrogens (tertiary/aromatic N) is 2. The Balaban J connectivity index is 2.32. The monoisotopic (exact) mass is 350 g/mol. The van der Waals surface area contributed by atoms with Crippen LogP contribution in [-0.4, -0.2) is 22.9 Å². The Morgan fingerprint density at radius 1 is 1.12 bits per heavy atom. The van der Waals surface area contributed by atoms with E-state index in [0.29, 0.717) is 0 Å². The quantitative estimate of drug-likeness (QED) is 0.460. The number of rotatable bonds is 5. The zero-order chi connectivity index (χ0) is 17.9. The summed E-state index contributed by atoms with van der Waals surface area (Å²) in [5.74, 6) is -1.35. The summed E-state index contributed by atoms with van der Waals surface area (Å²) in [6, 6.07) is 5.33. The van der Waals surface area contributed by atoms with E-state index >= 15 is 0 Å². The largest absolute Gasteiger partial charge is 0.573 e. The standard InChI is InChI=1S/C13H7F5N2O4/c14-12(15)23-11-10(20(21)22)5-8(6-19-11)7-1-3-9(4-2-7)24-13(16,17)18/h1-6,12H. The van der Waals surface area contributed by atoms with Gasteiger partial charge in [-0.1, -0.05) is 12.1 Å². The van der Waals surface area contributed by atoms with Crippen molar-refractivity contribution in [3.8, 4) is 22.8 Å². The second-order valence-corrected chi connectivity index (χ2v) is 4.26. The molecule has 0 radical (unpaired) electrons. The first-order valence-electron chi connectivity index (χ1n) is 6.11. The molecule has 0 saturated carbocycles. The lowest BCUT2D eigenvalue weighted by Gasteiger charge is -2.10. The Morgan fingerprint density at radius 2 is 1.75 bits per heavy atom. The molecule has 0 spiro atoms. The van der Waals surface area contributed by atoms with Crippen LogP contribution in [0.3, 0.4) is 0 Å². The highest BCUT2D eigenvalue weighted by molar-refractivity contribution is 5.67. The molecule has 1 aromatic heterocycles. The smallest absolute Gasteiger partial charge is 0.411 e. The molecule has 0 saturated heterocycles. The number of hydrogen-bond donors (Lipinski definition) is 0. The van der Waals surface area contributed by atoms with Gasteiger partial charge in [-0.25, -0.2) is 4.98 Å². The molecule has 0 aliphatic heterocycles. The van der Waals surface area contributed by atoms with Gasteiger partial charge in [-0.3, -0.25) is 10.1 Å². The molecular weight excluding hydrogens is 343 g/mol. The van der Waals surface area contributed by atoms with Crippen LogP contribution in [0, 0.1) is 10.1 Å². The normalized spacial score (nSPS) is 11.4. The number of alkyl halides is 5. The lowest BCUT2D eigenvalue weighted by molar-refractivity contribution is -0.386. The maximum atomic E-state index is 12.2. The van der Waals surface area contributed by atoms with Crippen molar-refractivity contribution in [3.63, 3.8) is 0 Å². The number of aromatic nitrogens is 1. The molecule has 1 aromatic carbocycles. The van der Waals surface area contributed by atoms with Gasteiger partial charge in [0.2, 0.25) is 0 Å². The second-order valence-electron chi connectivity index (χ2n) is 4.26. The van der Waals surface area contributed by atoms with Crippen molar-refractivity contribution in [3.05, 3.63) is 46.6 Å². The lowest BCUT2D eigenvalue weighted by Crippen LogP contribution is -2.16. The average molecular weight is 350 g/mol. The summed E-state index contributed by atoms with van der Waals surface area (Å²) >= 11 is 0. The van der Waals surface area contributed by atoms with Crippen LogP contribution in [0.1, 0.15) is 0 Å². The molecule has 0 aliphatic rings. The van der Waals surface area contributed by atoms with Crippen LogP contribution >= 0.6 is 0 Å². The first-order valence-corrected chi connectivity index (χ1v) is 6.11. The van der Waals surface area contributed by atoms with Crippen LogP contribution in [0.25, 0.3) is 11.1 Å². The fourth-order valence-corrected chi connectivity index (χ4v) is 1.75. The third-order valence-corrected chi connectivity index (χ3v) is 2.65. The first-order chi connectivity index (χ1) is 11.2. The molecule has 0 amide bonds. The fraction of sp³-hybridized carbons (Fsp3) is 0.154. The molecule has 0 unspecified atom stereocenters. The van der Waals surface area contributed by atoms with Crippen LogP contribution in [0.2, 0.25) is 0 Å². The predicted molar refractivity (Wildman–Crippen MR) is 69.6 cm³/mol. The zero-order valence-corrected chi connectivity index (χ0v) is 11.5. The number of ether oxygens (including phenoxy) is 2. The van der Waals surface area contributed by atoms with E-state index in [0.717, 1.165) is 24.4 Å². The van der Waals surface area contributed by atoms with E-state index < -0.39 is 35.2 Å². The van der Waals surface area contributed by atoms with Crippen molar-refractivity contribution in [2.24, 2.45) is 0 Å². The van der Waals surface area contributed by atoms with Crippen LogP contribution < -0.4 is 9.47 Å². The zero-order valence-electron chi connectivity index (χ0n) is 11.5. The molecule has 0 fully saturated rings.